The molecular weight excluding hydrogens is 388 g/mol. The maximum Gasteiger partial charge on any atom is 0.338 e. The second-order valence-corrected chi connectivity index (χ2v) is 6.98. The number of rotatable bonds is 10. The number of carbonyl (C=O) groups is 2. The Morgan fingerprint density at radius 1 is 1.00 bits per heavy atom. The Balaban J connectivity index is 2.10. The summed E-state index contributed by atoms with van der Waals surface area (Å²) in [6.07, 6.45) is 4.05. The van der Waals surface area contributed by atoms with Crippen LogP contribution in [0.2, 0.25) is 0 Å². The molecule has 1 amide bonds. The van der Waals surface area contributed by atoms with Gasteiger partial charge >= 0.3 is 5.97 Å². The minimum atomic E-state index is -0.870. The van der Waals surface area contributed by atoms with Gasteiger partial charge in [0.05, 0.1) is 31.5 Å². The van der Waals surface area contributed by atoms with Gasteiger partial charge in [-0.05, 0) is 45.7 Å². The highest BCUT2D eigenvalue weighted by atomic mass is 16.5. The lowest BCUT2D eigenvalue weighted by Crippen LogP contribution is -2.50. The summed E-state index contributed by atoms with van der Waals surface area (Å²) in [4.78, 5) is 24.8. The molecule has 1 aliphatic carbocycles. The molecule has 1 aromatic rings. The van der Waals surface area contributed by atoms with Gasteiger partial charge in [0, 0.05) is 0 Å². The first kappa shape index (κ1) is 23.3. The predicted octanol–water partition coefficient (Wildman–Crippen LogP) is 3.38. The van der Waals surface area contributed by atoms with Crippen LogP contribution in [0, 0.1) is 11.3 Å². The molecule has 1 fully saturated rings. The normalized spacial score (nSPS) is 14.9. The van der Waals surface area contributed by atoms with Crippen molar-refractivity contribution in [1.82, 2.24) is 5.32 Å². The van der Waals surface area contributed by atoms with Crippen LogP contribution in [0.1, 0.15) is 63.2 Å². The van der Waals surface area contributed by atoms with E-state index in [2.05, 4.69) is 11.4 Å². The van der Waals surface area contributed by atoms with Crippen LogP contribution in [0.25, 0.3) is 0 Å². The highest BCUT2D eigenvalue weighted by Gasteiger charge is 2.33. The number of nitrogens with one attached hydrogen (secondary N) is 1. The first-order valence-corrected chi connectivity index (χ1v) is 10.4. The van der Waals surface area contributed by atoms with E-state index in [-0.39, 0.29) is 5.56 Å². The molecule has 1 saturated carbocycles. The summed E-state index contributed by atoms with van der Waals surface area (Å²) in [5.74, 6) is -0.0269. The lowest BCUT2D eigenvalue weighted by molar-refractivity contribution is -0.125. The lowest BCUT2D eigenvalue weighted by Gasteiger charge is -2.31. The Kier molecular flexibility index (Phi) is 8.78. The van der Waals surface area contributed by atoms with Crippen molar-refractivity contribution >= 4 is 11.9 Å². The summed E-state index contributed by atoms with van der Waals surface area (Å²) in [7, 11) is 0. The molecular formula is C22H30N2O6. The van der Waals surface area contributed by atoms with E-state index in [9.17, 15) is 14.9 Å². The second kappa shape index (κ2) is 11.3. The average Bonchev–Trinajstić information content (AvgIpc) is 2.75. The third-order valence-electron chi connectivity index (χ3n) is 4.78. The molecule has 164 valence electrons. The molecule has 0 heterocycles. The quantitative estimate of drug-likeness (QED) is 0.580. The van der Waals surface area contributed by atoms with Crippen molar-refractivity contribution in [3.8, 4) is 23.3 Å². The topological polar surface area (TPSA) is 107 Å². The van der Waals surface area contributed by atoms with Gasteiger partial charge < -0.3 is 24.3 Å². The zero-order chi connectivity index (χ0) is 22.0. The third-order valence-corrected chi connectivity index (χ3v) is 4.78. The molecule has 1 N–H and O–H groups in total. The van der Waals surface area contributed by atoms with Crippen molar-refractivity contribution in [2.45, 2.75) is 58.4 Å². The van der Waals surface area contributed by atoms with E-state index < -0.39 is 24.0 Å². The van der Waals surface area contributed by atoms with Crippen molar-refractivity contribution in [2.24, 2.45) is 0 Å². The van der Waals surface area contributed by atoms with Gasteiger partial charge in [-0.3, -0.25) is 4.79 Å². The fraction of sp³-hybridized carbons (Fsp3) is 0.591. The van der Waals surface area contributed by atoms with Crippen LogP contribution in [0.15, 0.2) is 12.1 Å². The number of carbonyl (C=O) groups excluding carboxylic acids is 2. The van der Waals surface area contributed by atoms with Gasteiger partial charge in [-0.1, -0.05) is 19.3 Å². The van der Waals surface area contributed by atoms with E-state index in [1.54, 1.807) is 0 Å². The van der Waals surface area contributed by atoms with E-state index >= 15 is 0 Å². The molecule has 2 rings (SSSR count). The third kappa shape index (κ3) is 6.02. The van der Waals surface area contributed by atoms with E-state index in [0.717, 1.165) is 19.3 Å². The van der Waals surface area contributed by atoms with Crippen molar-refractivity contribution < 1.29 is 28.5 Å². The molecule has 0 unspecified atom stereocenters. The molecule has 0 saturated heterocycles. The number of nitriles is 1. The fourth-order valence-corrected chi connectivity index (χ4v) is 3.44. The maximum absolute atomic E-state index is 12.6. The van der Waals surface area contributed by atoms with E-state index in [4.69, 9.17) is 18.9 Å². The molecule has 0 spiro atoms. The predicted molar refractivity (Wildman–Crippen MR) is 110 cm³/mol. The van der Waals surface area contributed by atoms with Gasteiger partial charge in [0.15, 0.2) is 18.1 Å². The molecule has 8 heteroatoms. The smallest absolute Gasteiger partial charge is 0.338 e. The maximum atomic E-state index is 12.6. The minimum absolute atomic E-state index is 0.186. The van der Waals surface area contributed by atoms with Crippen LogP contribution in [-0.4, -0.2) is 43.8 Å². The molecule has 0 radical (unpaired) electrons. The Morgan fingerprint density at radius 2 is 1.57 bits per heavy atom. The van der Waals surface area contributed by atoms with Gasteiger partial charge in [-0.25, -0.2) is 4.79 Å². The van der Waals surface area contributed by atoms with Crippen molar-refractivity contribution in [3.05, 3.63) is 17.7 Å². The Hall–Kier alpha value is -2.95. The largest absolute Gasteiger partial charge is 0.490 e. The summed E-state index contributed by atoms with van der Waals surface area (Å²) in [6.45, 7) is 6.18. The Bertz CT molecular complexity index is 753. The summed E-state index contributed by atoms with van der Waals surface area (Å²) in [6, 6.07) is 5.23. The van der Waals surface area contributed by atoms with Gasteiger partial charge in [0.25, 0.3) is 5.91 Å². The second-order valence-electron chi connectivity index (χ2n) is 6.98. The molecule has 0 bridgehead atoms. The van der Waals surface area contributed by atoms with Crippen molar-refractivity contribution in [3.63, 3.8) is 0 Å². The molecule has 0 aromatic heterocycles. The molecule has 1 aliphatic rings. The van der Waals surface area contributed by atoms with Crippen molar-refractivity contribution in [1.29, 1.82) is 5.26 Å². The first-order chi connectivity index (χ1) is 14.5. The number of hydrogen-bond acceptors (Lipinski definition) is 7. The first-order valence-electron chi connectivity index (χ1n) is 10.4. The van der Waals surface area contributed by atoms with E-state index in [1.165, 1.54) is 12.1 Å². The molecule has 1 aromatic carbocycles. The monoisotopic (exact) mass is 418 g/mol. The van der Waals surface area contributed by atoms with Crippen molar-refractivity contribution in [2.75, 3.05) is 26.4 Å². The highest BCUT2D eigenvalue weighted by molar-refractivity contribution is 5.93. The number of nitrogens with zero attached hydrogens (tertiary/aromatic N) is 1. The molecule has 30 heavy (non-hydrogen) atoms. The van der Waals surface area contributed by atoms with Crippen LogP contribution in [-0.2, 0) is 9.53 Å². The van der Waals surface area contributed by atoms with Gasteiger partial charge in [-0.2, -0.15) is 5.26 Å². The fourth-order valence-electron chi connectivity index (χ4n) is 3.44. The van der Waals surface area contributed by atoms with Crippen LogP contribution < -0.4 is 19.5 Å². The van der Waals surface area contributed by atoms with Gasteiger partial charge in [0.1, 0.15) is 5.54 Å². The number of hydrogen-bond donors (Lipinski definition) is 1. The summed E-state index contributed by atoms with van der Waals surface area (Å²) in [5, 5.41) is 12.2. The summed E-state index contributed by atoms with van der Waals surface area (Å²) >= 11 is 0. The summed E-state index contributed by atoms with van der Waals surface area (Å²) in [5.41, 5.74) is -0.684. The zero-order valence-electron chi connectivity index (χ0n) is 17.9. The SMILES string of the molecule is CCOc1cc(C(=O)OCC(=O)NC2(C#N)CCCCC2)cc(OCC)c1OCC. The number of benzene rings is 1. The summed E-state index contributed by atoms with van der Waals surface area (Å²) < 4.78 is 22.0. The molecule has 0 atom stereocenters. The number of amides is 1. The zero-order valence-corrected chi connectivity index (χ0v) is 17.9. The standard InChI is InChI=1S/C22H30N2O6/c1-4-27-17-12-16(13-18(28-5-2)20(17)29-6-3)21(26)30-14-19(25)24-22(15-23)10-8-7-9-11-22/h12-13H,4-11,14H2,1-3H3,(H,24,25). The lowest BCUT2D eigenvalue weighted by atomic mass is 9.83. The van der Waals surface area contributed by atoms with E-state index in [1.807, 2.05) is 20.8 Å². The molecule has 0 aliphatic heterocycles. The van der Waals surface area contributed by atoms with Gasteiger partial charge in [-0.15, -0.1) is 0 Å². The van der Waals surface area contributed by atoms with E-state index in [0.29, 0.717) is 49.9 Å². The average molecular weight is 418 g/mol. The molecule has 8 nitrogen and oxygen atoms in total. The van der Waals surface area contributed by atoms with Crippen LogP contribution in [0.5, 0.6) is 17.2 Å². The van der Waals surface area contributed by atoms with Gasteiger partial charge in [0.2, 0.25) is 5.75 Å². The minimum Gasteiger partial charge on any atom is -0.490 e. The van der Waals surface area contributed by atoms with Crippen LogP contribution >= 0.6 is 0 Å². The Labute approximate surface area is 177 Å². The number of ether oxygens (including phenoxy) is 4. The van der Waals surface area contributed by atoms with Crippen LogP contribution in [0.3, 0.4) is 0 Å². The van der Waals surface area contributed by atoms with Crippen LogP contribution in [0.4, 0.5) is 0 Å². The highest BCUT2D eigenvalue weighted by Crippen LogP contribution is 2.39. The Morgan fingerprint density at radius 3 is 2.07 bits per heavy atom. The number of esters is 1.